The number of hydrogen-bond acceptors (Lipinski definition) is 5. The minimum atomic E-state index is -0.855. The zero-order valence-electron chi connectivity index (χ0n) is 23.5. The lowest BCUT2D eigenvalue weighted by Crippen LogP contribution is -2.51. The summed E-state index contributed by atoms with van der Waals surface area (Å²) in [4.78, 5) is 0. The molecular formula is C30H55ClO5. The van der Waals surface area contributed by atoms with Gasteiger partial charge in [-0.05, 0) is 101 Å². The van der Waals surface area contributed by atoms with E-state index in [0.29, 0.717) is 25.7 Å². The summed E-state index contributed by atoms with van der Waals surface area (Å²) < 4.78 is 0. The van der Waals surface area contributed by atoms with Crippen molar-refractivity contribution in [1.82, 2.24) is 0 Å². The van der Waals surface area contributed by atoms with Crippen molar-refractivity contribution in [3.63, 3.8) is 0 Å². The lowest BCUT2D eigenvalue weighted by Gasteiger charge is -2.49. The molecule has 0 spiro atoms. The highest BCUT2D eigenvalue weighted by atomic mass is 35.5. The first-order chi connectivity index (χ1) is 16.9. The fourth-order valence-corrected chi connectivity index (χ4v) is 7.30. The van der Waals surface area contributed by atoms with Crippen LogP contribution < -0.4 is 0 Å². The Balaban J connectivity index is 2.03. The summed E-state index contributed by atoms with van der Waals surface area (Å²) >= 11 is 6.21. The predicted octanol–water partition coefficient (Wildman–Crippen LogP) is 5.93. The molecule has 0 aromatic rings. The van der Waals surface area contributed by atoms with Crippen LogP contribution in [0, 0.1) is 29.1 Å². The first-order valence-corrected chi connectivity index (χ1v) is 15.0. The molecule has 2 aliphatic rings. The Morgan fingerprint density at radius 1 is 1.00 bits per heavy atom. The van der Waals surface area contributed by atoms with Gasteiger partial charge in [-0.1, -0.05) is 58.2 Å². The highest BCUT2D eigenvalue weighted by molar-refractivity contribution is 6.29. The van der Waals surface area contributed by atoms with E-state index in [2.05, 4.69) is 20.8 Å². The van der Waals surface area contributed by atoms with E-state index in [9.17, 15) is 25.5 Å². The fraction of sp³-hybridized carbons (Fsp3) is 0.933. The highest BCUT2D eigenvalue weighted by Gasteiger charge is 2.48. The van der Waals surface area contributed by atoms with E-state index < -0.39 is 35.2 Å². The lowest BCUT2D eigenvalue weighted by atomic mass is 9.61. The Hall–Kier alpha value is -0.170. The second-order valence-corrected chi connectivity index (χ2v) is 13.1. The van der Waals surface area contributed by atoms with E-state index >= 15 is 0 Å². The van der Waals surface area contributed by atoms with Crippen molar-refractivity contribution in [2.24, 2.45) is 29.1 Å². The van der Waals surface area contributed by atoms with Crippen molar-refractivity contribution in [3.8, 4) is 0 Å². The van der Waals surface area contributed by atoms with Gasteiger partial charge in [0.05, 0.1) is 30.0 Å². The van der Waals surface area contributed by atoms with Gasteiger partial charge in [0.2, 0.25) is 0 Å². The summed E-state index contributed by atoms with van der Waals surface area (Å²) in [5.74, 6) is 0.0257. The maximum atomic E-state index is 12.0. The average Bonchev–Trinajstić information content (AvgIpc) is 2.85. The van der Waals surface area contributed by atoms with Crippen molar-refractivity contribution in [2.75, 3.05) is 0 Å². The molecule has 2 aliphatic carbocycles. The predicted molar refractivity (Wildman–Crippen MR) is 148 cm³/mol. The zero-order chi connectivity index (χ0) is 27.1. The van der Waals surface area contributed by atoms with Gasteiger partial charge in [-0.3, -0.25) is 0 Å². The summed E-state index contributed by atoms with van der Waals surface area (Å²) in [6.07, 6.45) is 9.56. The maximum absolute atomic E-state index is 12.0. The molecule has 6 heteroatoms. The van der Waals surface area contributed by atoms with Gasteiger partial charge in [0.15, 0.2) is 0 Å². The molecule has 1 fully saturated rings. The molecule has 5 nitrogen and oxygen atoms in total. The number of halogens is 1. The average molecular weight is 531 g/mol. The molecule has 0 aromatic heterocycles. The van der Waals surface area contributed by atoms with E-state index in [4.69, 9.17) is 11.6 Å². The minimum absolute atomic E-state index is 0.0932. The maximum Gasteiger partial charge on any atom is 0.0729 e. The van der Waals surface area contributed by atoms with Crippen LogP contribution in [-0.4, -0.2) is 55.5 Å². The van der Waals surface area contributed by atoms with Gasteiger partial charge in [-0.2, -0.15) is 0 Å². The second-order valence-electron chi connectivity index (χ2n) is 12.7. The van der Waals surface area contributed by atoms with Crippen LogP contribution in [0.3, 0.4) is 0 Å². The van der Waals surface area contributed by atoms with Crippen LogP contribution in [0.5, 0.6) is 0 Å². The van der Waals surface area contributed by atoms with Crippen LogP contribution >= 0.6 is 11.6 Å². The summed E-state index contributed by atoms with van der Waals surface area (Å²) in [5.41, 5.74) is -1.27. The minimum Gasteiger partial charge on any atom is -0.393 e. The van der Waals surface area contributed by atoms with Crippen LogP contribution in [0.25, 0.3) is 0 Å². The molecule has 0 aliphatic heterocycles. The van der Waals surface area contributed by atoms with Crippen LogP contribution in [0.1, 0.15) is 118 Å². The van der Waals surface area contributed by atoms with E-state index in [-0.39, 0.29) is 23.9 Å². The number of allylic oxidation sites excluding steroid dienone is 2. The summed E-state index contributed by atoms with van der Waals surface area (Å²) in [6, 6.07) is 0. The van der Waals surface area contributed by atoms with Crippen molar-refractivity contribution < 1.29 is 25.5 Å². The fourth-order valence-electron chi connectivity index (χ4n) is 7.10. The highest BCUT2D eigenvalue weighted by Crippen LogP contribution is 2.49. The Kier molecular flexibility index (Phi) is 12.7. The number of rotatable bonds is 14. The SMILES string of the molecule is CCC[C@@](O)(C1CC=C(Cl)CC1)C(C)(C)CCC(O)[C@H](CC(O)[C@@H]1CCC[C@H]([C@@H](O)CC)C1)C(C)O. The molecule has 0 aromatic carbocycles. The van der Waals surface area contributed by atoms with Crippen LogP contribution in [-0.2, 0) is 0 Å². The molecule has 4 unspecified atom stereocenters. The van der Waals surface area contributed by atoms with Crippen molar-refractivity contribution in [3.05, 3.63) is 11.1 Å². The largest absolute Gasteiger partial charge is 0.393 e. The van der Waals surface area contributed by atoms with Gasteiger partial charge in [0, 0.05) is 11.0 Å². The third-order valence-corrected chi connectivity index (χ3v) is 10.1. The van der Waals surface area contributed by atoms with Gasteiger partial charge in [-0.25, -0.2) is 0 Å². The summed E-state index contributed by atoms with van der Waals surface area (Å²) in [6.45, 7) is 9.99. The monoisotopic (exact) mass is 530 g/mol. The third kappa shape index (κ3) is 8.16. The van der Waals surface area contributed by atoms with Crippen molar-refractivity contribution in [1.29, 1.82) is 0 Å². The third-order valence-electron chi connectivity index (χ3n) is 9.79. The van der Waals surface area contributed by atoms with Gasteiger partial charge in [-0.15, -0.1) is 0 Å². The molecule has 36 heavy (non-hydrogen) atoms. The topological polar surface area (TPSA) is 101 Å². The van der Waals surface area contributed by atoms with Crippen molar-refractivity contribution in [2.45, 2.75) is 148 Å². The molecule has 9 atom stereocenters. The zero-order valence-corrected chi connectivity index (χ0v) is 24.3. The number of hydrogen-bond donors (Lipinski definition) is 5. The Bertz CT molecular complexity index is 680. The quantitative estimate of drug-likeness (QED) is 0.191. The molecule has 5 N–H and O–H groups in total. The molecule has 0 radical (unpaired) electrons. The number of aliphatic hydroxyl groups is 5. The molecule has 0 saturated heterocycles. The second kappa shape index (κ2) is 14.3. The van der Waals surface area contributed by atoms with E-state index in [1.54, 1.807) is 6.92 Å². The van der Waals surface area contributed by atoms with Crippen LogP contribution in [0.2, 0.25) is 0 Å². The van der Waals surface area contributed by atoms with Gasteiger partial charge in [0.25, 0.3) is 0 Å². The molecular weight excluding hydrogens is 476 g/mol. The van der Waals surface area contributed by atoms with Gasteiger partial charge >= 0.3 is 0 Å². The van der Waals surface area contributed by atoms with Crippen molar-refractivity contribution >= 4 is 11.6 Å². The first kappa shape index (κ1) is 32.0. The van der Waals surface area contributed by atoms with E-state index in [0.717, 1.165) is 62.8 Å². The van der Waals surface area contributed by atoms with Gasteiger partial charge < -0.3 is 25.5 Å². The molecule has 2 rings (SSSR count). The molecule has 212 valence electrons. The Labute approximate surface area is 225 Å². The lowest BCUT2D eigenvalue weighted by molar-refractivity contribution is -0.130. The molecule has 0 amide bonds. The Morgan fingerprint density at radius 2 is 1.64 bits per heavy atom. The normalized spacial score (nSPS) is 29.5. The molecule has 1 saturated carbocycles. The molecule has 0 bridgehead atoms. The van der Waals surface area contributed by atoms with E-state index in [1.807, 2.05) is 13.0 Å². The number of aliphatic hydroxyl groups excluding tert-OH is 4. The smallest absolute Gasteiger partial charge is 0.0729 e. The first-order valence-electron chi connectivity index (χ1n) is 14.6. The standard InChI is InChI=1S/C30H55ClO5/c1-6-16-30(36,23-11-13-24(31)14-12-23)29(4,5)17-15-27(34)25(20(3)32)19-28(35)22-10-8-9-21(18-22)26(33)7-2/h13,20-23,25-28,32-36H,6-12,14-19H2,1-5H3/t20?,21-,22+,23?,25+,26-,27?,28?,30+/m0/s1. The van der Waals surface area contributed by atoms with E-state index in [1.165, 1.54) is 0 Å². The summed E-state index contributed by atoms with van der Waals surface area (Å²) in [7, 11) is 0. The summed E-state index contributed by atoms with van der Waals surface area (Å²) in [5, 5.41) is 55.9. The van der Waals surface area contributed by atoms with Crippen LogP contribution in [0.4, 0.5) is 0 Å². The molecule has 0 heterocycles. The Morgan fingerprint density at radius 3 is 2.17 bits per heavy atom. The van der Waals surface area contributed by atoms with Gasteiger partial charge in [0.1, 0.15) is 0 Å². The van der Waals surface area contributed by atoms with Crippen LogP contribution in [0.15, 0.2) is 11.1 Å².